The highest BCUT2D eigenvalue weighted by Crippen LogP contribution is 2.71. The molecule has 0 atom stereocenters. The number of carbonyl (C=O) groups excluding carboxylic acids is 2. The number of ether oxygens (including phenoxy) is 3. The van der Waals surface area contributed by atoms with Gasteiger partial charge in [-0.25, -0.2) is 4.98 Å². The second-order valence-electron chi connectivity index (χ2n) is 7.75. The summed E-state index contributed by atoms with van der Waals surface area (Å²) in [6.07, 6.45) is 4.70. The number of nitrogens with one attached hydrogen (secondary N) is 1. The zero-order valence-electron chi connectivity index (χ0n) is 16.2. The molecule has 2 aliphatic carbocycles. The average molecular weight is 389 g/mol. The summed E-state index contributed by atoms with van der Waals surface area (Å²) in [5.74, 6) is 0.544. The number of aromatic nitrogens is 1. The molecule has 4 rings (SSSR count). The lowest BCUT2D eigenvalue weighted by Gasteiger charge is -2.33. The van der Waals surface area contributed by atoms with E-state index < -0.39 is 10.8 Å². The van der Waals surface area contributed by atoms with E-state index in [-0.39, 0.29) is 11.8 Å². The monoisotopic (exact) mass is 389 g/mol. The second kappa shape index (κ2) is 7.67. The molecule has 152 valence electrons. The molecule has 8 heteroatoms. The van der Waals surface area contributed by atoms with Crippen molar-refractivity contribution in [3.05, 3.63) is 18.3 Å². The fourth-order valence-electron chi connectivity index (χ4n) is 4.16. The molecule has 1 N–H and O–H groups in total. The number of amides is 2. The number of methoxy groups -OCH3 is 1. The van der Waals surface area contributed by atoms with Gasteiger partial charge in [0.2, 0.25) is 17.7 Å². The summed E-state index contributed by atoms with van der Waals surface area (Å²) < 4.78 is 15.7. The van der Waals surface area contributed by atoms with Crippen molar-refractivity contribution >= 4 is 17.5 Å². The highest BCUT2D eigenvalue weighted by atomic mass is 16.5. The topological polar surface area (TPSA) is 90.0 Å². The van der Waals surface area contributed by atoms with Gasteiger partial charge in [0, 0.05) is 26.3 Å². The van der Waals surface area contributed by atoms with Crippen LogP contribution in [0.15, 0.2) is 18.3 Å². The second-order valence-corrected chi connectivity index (χ2v) is 7.75. The number of hydrogen-bond acceptors (Lipinski definition) is 6. The first-order valence-corrected chi connectivity index (χ1v) is 9.88. The first-order valence-electron chi connectivity index (χ1n) is 9.88. The van der Waals surface area contributed by atoms with Crippen LogP contribution in [0.5, 0.6) is 5.88 Å². The maximum Gasteiger partial charge on any atom is 0.231 e. The number of carbonyl (C=O) groups is 2. The minimum Gasteiger partial charge on any atom is -0.475 e. The Balaban J connectivity index is 1.39. The lowest BCUT2D eigenvalue weighted by molar-refractivity contribution is -0.147. The van der Waals surface area contributed by atoms with Crippen LogP contribution in [0.2, 0.25) is 0 Å². The summed E-state index contributed by atoms with van der Waals surface area (Å²) in [6.45, 7) is 3.29. The number of morpholine rings is 1. The molecule has 0 unspecified atom stereocenters. The molecule has 1 aromatic heterocycles. The number of anilines is 1. The fraction of sp³-hybridized carbons (Fsp3) is 0.650. The Bertz CT molecular complexity index is 722. The van der Waals surface area contributed by atoms with Crippen molar-refractivity contribution in [2.45, 2.75) is 25.7 Å². The number of hydrogen-bond donors (Lipinski definition) is 1. The van der Waals surface area contributed by atoms with Gasteiger partial charge in [0.25, 0.3) is 0 Å². The van der Waals surface area contributed by atoms with Crippen LogP contribution in [-0.4, -0.2) is 68.3 Å². The summed E-state index contributed by atoms with van der Waals surface area (Å²) in [4.78, 5) is 32.3. The van der Waals surface area contributed by atoms with Crippen molar-refractivity contribution in [2.24, 2.45) is 10.8 Å². The quantitative estimate of drug-likeness (QED) is 0.677. The first kappa shape index (κ1) is 19.1. The molecule has 2 amide bonds. The Hall–Kier alpha value is -2.19. The predicted octanol–water partition coefficient (Wildman–Crippen LogP) is 1.46. The molecule has 2 saturated carbocycles. The van der Waals surface area contributed by atoms with Crippen LogP contribution in [0.4, 0.5) is 5.69 Å². The lowest BCUT2D eigenvalue weighted by atomic mass is 9.83. The zero-order valence-corrected chi connectivity index (χ0v) is 16.2. The van der Waals surface area contributed by atoms with Crippen LogP contribution < -0.4 is 10.1 Å². The van der Waals surface area contributed by atoms with Gasteiger partial charge in [0.15, 0.2) is 0 Å². The average Bonchev–Trinajstić information content (AvgIpc) is 3.63. The van der Waals surface area contributed by atoms with Gasteiger partial charge in [-0.05, 0) is 31.7 Å². The van der Waals surface area contributed by atoms with Gasteiger partial charge in [-0.15, -0.1) is 0 Å². The Morgan fingerprint density at radius 1 is 1.14 bits per heavy atom. The van der Waals surface area contributed by atoms with Crippen LogP contribution in [-0.2, 0) is 19.1 Å². The molecule has 3 fully saturated rings. The SMILES string of the molecule is COCCOc1ccc(NC(=O)C2(C3(C(=O)N4CCOCC4)CC3)CC2)cn1. The molecule has 1 aliphatic heterocycles. The van der Waals surface area contributed by atoms with Gasteiger partial charge >= 0.3 is 0 Å². The van der Waals surface area contributed by atoms with Crippen LogP contribution in [0, 0.1) is 10.8 Å². The summed E-state index contributed by atoms with van der Waals surface area (Å²) in [5, 5.41) is 2.97. The van der Waals surface area contributed by atoms with E-state index in [0.717, 1.165) is 25.7 Å². The fourth-order valence-corrected chi connectivity index (χ4v) is 4.16. The number of rotatable bonds is 8. The third-order valence-corrected chi connectivity index (χ3v) is 6.09. The van der Waals surface area contributed by atoms with E-state index in [1.54, 1.807) is 25.4 Å². The zero-order chi connectivity index (χ0) is 19.6. The van der Waals surface area contributed by atoms with E-state index in [0.29, 0.717) is 51.1 Å². The highest BCUT2D eigenvalue weighted by molar-refractivity contribution is 6.03. The van der Waals surface area contributed by atoms with Crippen LogP contribution in [0.25, 0.3) is 0 Å². The molecule has 3 aliphatic rings. The third-order valence-electron chi connectivity index (χ3n) is 6.09. The van der Waals surface area contributed by atoms with Gasteiger partial charge in [-0.3, -0.25) is 9.59 Å². The number of pyridine rings is 1. The predicted molar refractivity (Wildman–Crippen MR) is 101 cm³/mol. The molecular formula is C20H27N3O5. The maximum absolute atomic E-state index is 13.1. The molecular weight excluding hydrogens is 362 g/mol. The van der Waals surface area contributed by atoms with Crippen molar-refractivity contribution in [1.29, 1.82) is 0 Å². The van der Waals surface area contributed by atoms with Crippen LogP contribution in [0.3, 0.4) is 0 Å². The molecule has 0 radical (unpaired) electrons. The Kier molecular flexibility index (Phi) is 5.25. The Labute approximate surface area is 164 Å². The smallest absolute Gasteiger partial charge is 0.231 e. The summed E-state index contributed by atoms with van der Waals surface area (Å²) in [5.41, 5.74) is -0.480. The molecule has 28 heavy (non-hydrogen) atoms. The molecule has 1 aromatic rings. The van der Waals surface area contributed by atoms with E-state index in [1.807, 2.05) is 4.90 Å². The molecule has 1 saturated heterocycles. The van der Waals surface area contributed by atoms with E-state index in [4.69, 9.17) is 14.2 Å². The largest absolute Gasteiger partial charge is 0.475 e. The standard InChI is InChI=1S/C20H27N3O5/c1-26-12-13-28-16-3-2-15(14-21-16)22-17(24)19(4-5-19)20(6-7-20)18(25)23-8-10-27-11-9-23/h2-3,14H,4-13H2,1H3,(H,22,24). The van der Waals surface area contributed by atoms with Crippen molar-refractivity contribution < 1.29 is 23.8 Å². The molecule has 0 aromatic carbocycles. The molecule has 8 nitrogen and oxygen atoms in total. The van der Waals surface area contributed by atoms with E-state index in [1.165, 1.54) is 0 Å². The van der Waals surface area contributed by atoms with Crippen LogP contribution in [0.1, 0.15) is 25.7 Å². The van der Waals surface area contributed by atoms with Crippen LogP contribution >= 0.6 is 0 Å². The maximum atomic E-state index is 13.1. The van der Waals surface area contributed by atoms with Crippen molar-refractivity contribution in [2.75, 3.05) is 51.9 Å². The van der Waals surface area contributed by atoms with Crippen molar-refractivity contribution in [1.82, 2.24) is 9.88 Å². The summed E-state index contributed by atoms with van der Waals surface area (Å²) in [7, 11) is 1.61. The van der Waals surface area contributed by atoms with Gasteiger partial charge < -0.3 is 24.4 Å². The molecule has 2 heterocycles. The summed E-state index contributed by atoms with van der Waals surface area (Å²) in [6, 6.07) is 3.49. The van der Waals surface area contributed by atoms with Gasteiger partial charge in [0.1, 0.15) is 6.61 Å². The highest BCUT2D eigenvalue weighted by Gasteiger charge is 2.73. The first-order chi connectivity index (χ1) is 13.6. The normalized spacial score (nSPS) is 21.7. The lowest BCUT2D eigenvalue weighted by Crippen LogP contribution is -2.49. The Morgan fingerprint density at radius 3 is 2.43 bits per heavy atom. The summed E-state index contributed by atoms with van der Waals surface area (Å²) >= 11 is 0. The molecule has 0 spiro atoms. The number of nitrogens with zero attached hydrogens (tertiary/aromatic N) is 2. The third kappa shape index (κ3) is 3.46. The van der Waals surface area contributed by atoms with E-state index >= 15 is 0 Å². The minimum absolute atomic E-state index is 0.0681. The van der Waals surface area contributed by atoms with Gasteiger partial charge in [-0.1, -0.05) is 0 Å². The van der Waals surface area contributed by atoms with Gasteiger partial charge in [-0.2, -0.15) is 0 Å². The minimum atomic E-state index is -0.573. The van der Waals surface area contributed by atoms with E-state index in [2.05, 4.69) is 10.3 Å². The Morgan fingerprint density at radius 2 is 1.86 bits per heavy atom. The van der Waals surface area contributed by atoms with Crippen molar-refractivity contribution in [3.63, 3.8) is 0 Å². The van der Waals surface area contributed by atoms with Gasteiger partial charge in [0.05, 0.1) is 42.5 Å². The van der Waals surface area contributed by atoms with Crippen molar-refractivity contribution in [3.8, 4) is 5.88 Å². The van der Waals surface area contributed by atoms with E-state index in [9.17, 15) is 9.59 Å². The molecule has 0 bridgehead atoms.